The predicted molar refractivity (Wildman–Crippen MR) is 433 cm³/mol. The molecule has 25 nitrogen and oxygen atoms in total. The Balaban J connectivity index is 0.000000181. The van der Waals surface area contributed by atoms with Crippen molar-refractivity contribution in [3.63, 3.8) is 0 Å². The van der Waals surface area contributed by atoms with Crippen LogP contribution in [0, 0.1) is 23.7 Å². The lowest BCUT2D eigenvalue weighted by atomic mass is 9.90. The Labute approximate surface area is 679 Å². The summed E-state index contributed by atoms with van der Waals surface area (Å²) in [5, 5.41) is 12.0. The van der Waals surface area contributed by atoms with Crippen molar-refractivity contribution < 1.29 is 79.5 Å². The van der Waals surface area contributed by atoms with Gasteiger partial charge in [-0.25, -0.2) is 24.4 Å². The summed E-state index contributed by atoms with van der Waals surface area (Å²) in [5.74, 6) is 1.73. The van der Waals surface area contributed by atoms with Gasteiger partial charge in [0, 0.05) is 72.8 Å². The van der Waals surface area contributed by atoms with Gasteiger partial charge in [0.25, 0.3) is 5.91 Å². The van der Waals surface area contributed by atoms with E-state index in [0.29, 0.717) is 69.2 Å². The minimum Gasteiger partial charge on any atom is -0.488 e. The molecule has 0 bridgehead atoms. The first-order valence-electron chi connectivity index (χ1n) is 40.3. The molecule has 1 saturated carbocycles. The van der Waals surface area contributed by atoms with E-state index in [1.54, 1.807) is 33.0 Å². The third kappa shape index (κ3) is 16.3. The smallest absolute Gasteiger partial charge is 0.407 e. The molecule has 616 valence electrons. The first-order chi connectivity index (χ1) is 57.1. The fourth-order valence-corrected chi connectivity index (χ4v) is 18.3. The lowest BCUT2D eigenvalue weighted by Gasteiger charge is -2.31. The Morgan fingerprint density at radius 1 is 0.517 bits per heavy atom. The van der Waals surface area contributed by atoms with Crippen molar-refractivity contribution in [1.29, 1.82) is 0 Å². The molecule has 6 amide bonds. The van der Waals surface area contributed by atoms with E-state index >= 15 is 0 Å². The molecule has 0 radical (unpaired) electrons. The van der Waals surface area contributed by atoms with Crippen LogP contribution in [0.5, 0.6) is 11.5 Å². The Morgan fingerprint density at radius 3 is 1.47 bits per heavy atom. The van der Waals surface area contributed by atoms with Crippen molar-refractivity contribution in [1.82, 2.24) is 50.6 Å². The summed E-state index contributed by atoms with van der Waals surface area (Å²) < 4.78 is 88.9. The molecule has 2 aromatic heterocycles. The Kier molecular flexibility index (Phi) is 23.1. The summed E-state index contributed by atoms with van der Waals surface area (Å²) in [6.07, 6.45) is 9.73. The van der Waals surface area contributed by atoms with Gasteiger partial charge in [0.15, 0.2) is 0 Å². The van der Waals surface area contributed by atoms with Crippen LogP contribution in [-0.2, 0) is 64.1 Å². The highest BCUT2D eigenvalue weighted by Crippen LogP contribution is 2.49. The number of imidazole rings is 2. The van der Waals surface area contributed by atoms with E-state index in [2.05, 4.69) is 85.3 Å². The Hall–Kier alpha value is -11.7. The normalized spacial score (nSPS) is 19.8. The van der Waals surface area contributed by atoms with Crippen molar-refractivity contribution in [2.45, 2.75) is 161 Å². The van der Waals surface area contributed by atoms with Gasteiger partial charge in [-0.1, -0.05) is 107 Å². The van der Waals surface area contributed by atoms with Gasteiger partial charge in [-0.15, -0.1) is 0 Å². The topological polar surface area (TPSA) is 295 Å². The number of H-pyrrole nitrogens is 2. The molecule has 118 heavy (non-hydrogen) atoms. The van der Waals surface area contributed by atoms with Gasteiger partial charge in [-0.05, 0) is 171 Å². The van der Waals surface area contributed by atoms with Gasteiger partial charge in [0.2, 0.25) is 11.8 Å². The monoisotopic (exact) mass is 1610 g/mol. The number of amides is 6. The van der Waals surface area contributed by atoms with Crippen LogP contribution in [0.2, 0.25) is 0 Å². The molecule has 1 unspecified atom stereocenters. The van der Waals surface area contributed by atoms with Gasteiger partial charge in [0.1, 0.15) is 54.5 Å². The van der Waals surface area contributed by atoms with E-state index in [0.717, 1.165) is 135 Å². The number of ether oxygens (including phenoxy) is 7. The summed E-state index contributed by atoms with van der Waals surface area (Å²) in [4.78, 5) is 110. The number of carbonyl (C=O) groups excluding carboxylic acids is 6. The number of benzene rings is 7. The first kappa shape index (κ1) is 80.1. The lowest BCUT2D eigenvalue weighted by molar-refractivity contribution is -0.140. The number of rotatable bonds is 21. The van der Waals surface area contributed by atoms with Crippen molar-refractivity contribution in [2.75, 3.05) is 54.2 Å². The SMILES string of the molecule is COC(=O)N[C@H](C(=O)N1C[C@@H](COC(F)F)C[C@H]1C1=Nc2ccc3cc4c(cc3c2C1)OCc1cc(-c2cnc(C3CCCC3)[nH]2)ccc1-4)C(C)C.COC(=O)N[C@H](C(=O)N1C[C@@H](COC(F)F)C[C@H]1C1=Nc2ccc3cc4c(cc3c2C1)OCc1cc(-c2cnc(C3CCCN3C(=O)[C@H](NC(=O)OC)c3ccccc3)[nH]2)ccc1-4)C(C)C. The number of nitrogens with one attached hydrogen (secondary N) is 5. The summed E-state index contributed by atoms with van der Waals surface area (Å²) in [7, 11) is 3.74. The van der Waals surface area contributed by atoms with E-state index in [1.165, 1.54) is 47.0 Å². The van der Waals surface area contributed by atoms with E-state index < -0.39 is 61.7 Å². The average molecular weight is 1620 g/mol. The van der Waals surface area contributed by atoms with Crippen LogP contribution in [0.1, 0.15) is 137 Å². The number of hydrogen-bond acceptors (Lipinski definition) is 17. The second kappa shape index (κ2) is 34.1. The third-order valence-corrected chi connectivity index (χ3v) is 24.3. The number of hydrogen-bond donors (Lipinski definition) is 5. The number of aliphatic imine (C=N–C) groups is 2. The van der Waals surface area contributed by atoms with Crippen LogP contribution in [0.4, 0.5) is 43.3 Å². The van der Waals surface area contributed by atoms with Crippen LogP contribution in [0.25, 0.3) is 66.3 Å². The first-order valence-corrected chi connectivity index (χ1v) is 40.3. The maximum absolute atomic E-state index is 14.1. The zero-order valence-electron chi connectivity index (χ0n) is 66.6. The van der Waals surface area contributed by atoms with E-state index in [4.69, 9.17) is 48.4 Å². The van der Waals surface area contributed by atoms with Crippen LogP contribution in [0.3, 0.4) is 0 Å². The van der Waals surface area contributed by atoms with E-state index in [-0.39, 0.29) is 73.7 Å². The van der Waals surface area contributed by atoms with Crippen LogP contribution >= 0.6 is 0 Å². The van der Waals surface area contributed by atoms with Crippen molar-refractivity contribution in [2.24, 2.45) is 33.7 Å². The molecule has 4 fully saturated rings. The maximum Gasteiger partial charge on any atom is 0.407 e. The number of alkyl carbamates (subject to hydrolysis) is 3. The molecular weight excluding hydrogens is 1520 g/mol. The number of aromatic nitrogens is 4. The molecular formula is C89H94F4N12O13. The minimum absolute atomic E-state index is 0.176. The van der Waals surface area contributed by atoms with Gasteiger partial charge in [0.05, 0.1) is 87.8 Å². The number of methoxy groups -OCH3 is 3. The number of likely N-dealkylation sites (tertiary alicyclic amines) is 3. The van der Waals surface area contributed by atoms with Gasteiger partial charge < -0.3 is 73.8 Å². The van der Waals surface area contributed by atoms with Crippen molar-refractivity contribution in [3.8, 4) is 56.3 Å². The quantitative estimate of drug-likeness (QED) is 0.0330. The molecule has 5 N–H and O–H groups in total. The predicted octanol–water partition coefficient (Wildman–Crippen LogP) is 15.9. The summed E-state index contributed by atoms with van der Waals surface area (Å²) in [6.45, 7) is 2.75. The second-order valence-corrected chi connectivity index (χ2v) is 32.3. The van der Waals surface area contributed by atoms with Gasteiger partial charge in [-0.3, -0.25) is 24.4 Å². The van der Waals surface area contributed by atoms with E-state index in [1.807, 2.05) is 82.4 Å². The van der Waals surface area contributed by atoms with Gasteiger partial charge >= 0.3 is 31.5 Å². The standard InChI is InChI=1S/C49H51F2N7O8.C40H43F2N5O5/c1-26(2)42(55-48(61)63-3)45(59)58-23-27(24-66-47(50)51)17-40(58)37-20-34-33-21-41-35(19-29(33)13-15-36(34)53-37)32-14-12-30(18-31(32)25-65-41)38-22-52-44(54-38)39-11-8-16-57(39)46(60)43(56-49(62)64-4)28-9-6-5-7-10-28;1-21(2)36(46-40(49)50-3)38(48)47-18-22(19-52-39(41)42)12-34(47)32-15-29-28-16-35-30(14-24(28)9-11-31(29)44-32)27-10-8-25(13-26(27)20-51-35)33-17-43-37(45-33)23-6-4-5-7-23/h5-7,9-10,12-15,18-19,21-22,26-27,39-40,42-43,47H,8,11,16-17,20,23-25H2,1-4H3,(H,52,54)(H,55,61)(H,56,62);8-11,13-14,16-17,21-23,34,36,39H,4-7,12,15,18-20H2,1-3H3,(H,43,45)(H,46,49)/t27-,39?,40-,42-,43+;22-,34-,36-/m00/s1. The maximum atomic E-state index is 14.1. The molecule has 8 aliphatic rings. The van der Waals surface area contributed by atoms with E-state index in [9.17, 15) is 46.3 Å². The number of aromatic amines is 2. The van der Waals surface area contributed by atoms with Crippen LogP contribution < -0.4 is 25.4 Å². The number of nitrogens with zero attached hydrogens (tertiary/aromatic N) is 7. The summed E-state index contributed by atoms with van der Waals surface area (Å²) in [6, 6.07) is 34.4. The highest BCUT2D eigenvalue weighted by molar-refractivity contribution is 6.09. The highest BCUT2D eigenvalue weighted by Gasteiger charge is 2.46. The van der Waals surface area contributed by atoms with Crippen molar-refractivity contribution in [3.05, 3.63) is 167 Å². The molecule has 0 spiro atoms. The fraction of sp³-hybridized carbons (Fsp3) is 0.416. The Bertz CT molecular complexity index is 5420. The molecule has 17 rings (SSSR count). The molecule has 7 aliphatic heterocycles. The summed E-state index contributed by atoms with van der Waals surface area (Å²) >= 11 is 0. The molecule has 3 saturated heterocycles. The van der Waals surface area contributed by atoms with Crippen molar-refractivity contribution >= 4 is 80.3 Å². The fourth-order valence-electron chi connectivity index (χ4n) is 18.3. The highest BCUT2D eigenvalue weighted by atomic mass is 19.3. The number of halogens is 4. The molecule has 1 aliphatic carbocycles. The lowest BCUT2D eigenvalue weighted by Crippen LogP contribution is -2.53. The zero-order valence-corrected chi connectivity index (χ0v) is 66.6. The van der Waals surface area contributed by atoms with Gasteiger partial charge in [-0.2, -0.15) is 17.6 Å². The molecule has 9 aromatic rings. The zero-order chi connectivity index (χ0) is 82.3. The minimum atomic E-state index is -2.93. The second-order valence-electron chi connectivity index (χ2n) is 32.3. The number of carbonyl (C=O) groups is 6. The Morgan fingerprint density at radius 2 is 0.992 bits per heavy atom. The number of fused-ring (bicyclic) bond motifs is 12. The third-order valence-electron chi connectivity index (χ3n) is 24.3. The molecule has 7 aromatic carbocycles. The summed E-state index contributed by atoms with van der Waals surface area (Å²) in [5.41, 5.74) is 15.9. The molecule has 8 atom stereocenters. The molecule has 29 heteroatoms. The number of alkyl halides is 4. The molecule has 9 heterocycles. The average Bonchev–Trinajstić information content (AvgIpc) is 1.51. The van der Waals surface area contributed by atoms with Crippen LogP contribution in [0.15, 0.2) is 138 Å². The van der Waals surface area contributed by atoms with Crippen LogP contribution in [-0.4, -0.2) is 174 Å². The largest absolute Gasteiger partial charge is 0.488 e.